The lowest BCUT2D eigenvalue weighted by molar-refractivity contribution is 0.827. The highest BCUT2D eigenvalue weighted by molar-refractivity contribution is 7.24. The number of aryl methyl sites for hydroxylation is 1. The van der Waals surface area contributed by atoms with Crippen molar-refractivity contribution >= 4 is 37.5 Å². The quantitative estimate of drug-likeness (QED) is 0.710. The molecule has 3 aromatic rings. The summed E-state index contributed by atoms with van der Waals surface area (Å²) < 4.78 is 3.28. The number of para-hydroxylation sites is 1. The van der Waals surface area contributed by atoms with Gasteiger partial charge in [-0.1, -0.05) is 18.2 Å². The van der Waals surface area contributed by atoms with Crippen LogP contribution in [0.15, 0.2) is 24.3 Å². The third-order valence-corrected chi connectivity index (χ3v) is 4.09. The van der Waals surface area contributed by atoms with Crippen LogP contribution in [0.5, 0.6) is 0 Å². The van der Waals surface area contributed by atoms with Crippen LogP contribution in [0.4, 0.5) is 5.00 Å². The number of rotatable bonds is 1. The maximum absolute atomic E-state index is 9.21. The molecule has 4 heteroatoms. The molecule has 0 bridgehead atoms. The summed E-state index contributed by atoms with van der Waals surface area (Å²) in [5, 5.41) is 11.0. The largest absolute Gasteiger partial charge is 0.389 e. The van der Waals surface area contributed by atoms with Gasteiger partial charge in [0.1, 0.15) is 16.6 Å². The zero-order chi connectivity index (χ0) is 12.0. The van der Waals surface area contributed by atoms with Crippen LogP contribution in [0.1, 0.15) is 12.5 Å². The van der Waals surface area contributed by atoms with Gasteiger partial charge in [-0.05, 0) is 13.0 Å². The molecule has 17 heavy (non-hydrogen) atoms. The van der Waals surface area contributed by atoms with Crippen LogP contribution in [-0.2, 0) is 6.54 Å². The molecule has 1 aromatic carbocycles. The van der Waals surface area contributed by atoms with E-state index in [4.69, 9.17) is 5.73 Å². The van der Waals surface area contributed by atoms with Crippen molar-refractivity contribution in [1.82, 2.24) is 4.57 Å². The zero-order valence-electron chi connectivity index (χ0n) is 9.40. The van der Waals surface area contributed by atoms with Gasteiger partial charge in [0.05, 0.1) is 10.2 Å². The summed E-state index contributed by atoms with van der Waals surface area (Å²) in [7, 11) is 0. The average molecular weight is 241 g/mol. The Bertz CT molecular complexity index is 758. The first kappa shape index (κ1) is 10.2. The van der Waals surface area contributed by atoms with Crippen LogP contribution in [0, 0.1) is 11.3 Å². The van der Waals surface area contributed by atoms with E-state index in [9.17, 15) is 5.26 Å². The molecule has 0 saturated heterocycles. The Kier molecular flexibility index (Phi) is 2.10. The third-order valence-electron chi connectivity index (χ3n) is 3.05. The minimum absolute atomic E-state index is 0.614. The van der Waals surface area contributed by atoms with Crippen LogP contribution in [0.2, 0.25) is 0 Å². The van der Waals surface area contributed by atoms with Gasteiger partial charge in [-0.25, -0.2) is 0 Å². The van der Waals surface area contributed by atoms with Crippen molar-refractivity contribution in [2.75, 3.05) is 5.73 Å². The molecule has 0 unspecified atom stereocenters. The number of thiophene rings is 1. The van der Waals surface area contributed by atoms with Crippen molar-refractivity contribution in [3.8, 4) is 6.07 Å². The summed E-state index contributed by atoms with van der Waals surface area (Å²) in [6.07, 6.45) is 0. The Balaban J connectivity index is 2.63. The van der Waals surface area contributed by atoms with Crippen molar-refractivity contribution in [3.63, 3.8) is 0 Å². The summed E-state index contributed by atoms with van der Waals surface area (Å²) in [5.74, 6) is 0. The first-order valence-corrected chi connectivity index (χ1v) is 6.28. The summed E-state index contributed by atoms with van der Waals surface area (Å²) >= 11 is 1.50. The van der Waals surface area contributed by atoms with Crippen LogP contribution < -0.4 is 5.73 Å². The molecule has 3 rings (SSSR count). The van der Waals surface area contributed by atoms with E-state index in [1.807, 2.05) is 12.1 Å². The second-order valence-electron chi connectivity index (χ2n) is 3.89. The number of fused-ring (bicyclic) bond motifs is 3. The smallest absolute Gasteiger partial charge is 0.110 e. The normalized spacial score (nSPS) is 11.1. The molecule has 84 valence electrons. The van der Waals surface area contributed by atoms with Gasteiger partial charge in [0.15, 0.2) is 0 Å². The van der Waals surface area contributed by atoms with Crippen molar-refractivity contribution in [3.05, 3.63) is 29.8 Å². The number of aromatic nitrogens is 1. The van der Waals surface area contributed by atoms with Crippen molar-refractivity contribution < 1.29 is 0 Å². The molecule has 3 nitrogen and oxygen atoms in total. The van der Waals surface area contributed by atoms with E-state index in [1.54, 1.807) is 0 Å². The second-order valence-corrected chi connectivity index (χ2v) is 4.94. The molecule has 0 aliphatic carbocycles. The van der Waals surface area contributed by atoms with Gasteiger partial charge < -0.3 is 10.3 Å². The lowest BCUT2D eigenvalue weighted by Gasteiger charge is -2.02. The highest BCUT2D eigenvalue weighted by atomic mass is 32.1. The minimum Gasteiger partial charge on any atom is -0.389 e. The molecular formula is C13H11N3S. The van der Waals surface area contributed by atoms with Crippen LogP contribution >= 0.6 is 11.3 Å². The Morgan fingerprint density at radius 1 is 1.41 bits per heavy atom. The molecule has 2 heterocycles. The first-order valence-electron chi connectivity index (χ1n) is 5.47. The number of nitrogens with zero attached hydrogens (tertiary/aromatic N) is 2. The lowest BCUT2D eigenvalue weighted by atomic mass is 10.2. The van der Waals surface area contributed by atoms with Crippen LogP contribution in [0.25, 0.3) is 21.1 Å². The second kappa shape index (κ2) is 3.51. The van der Waals surface area contributed by atoms with E-state index >= 15 is 0 Å². The van der Waals surface area contributed by atoms with Crippen molar-refractivity contribution in [2.24, 2.45) is 0 Å². The fraction of sp³-hybridized carbons (Fsp3) is 0.154. The van der Waals surface area contributed by atoms with Crippen LogP contribution in [0.3, 0.4) is 0 Å². The fourth-order valence-corrected chi connectivity index (χ4v) is 3.39. The van der Waals surface area contributed by atoms with Gasteiger partial charge in [0.25, 0.3) is 0 Å². The van der Waals surface area contributed by atoms with Crippen molar-refractivity contribution in [1.29, 1.82) is 5.26 Å². The third kappa shape index (κ3) is 1.20. The number of nitrogens with two attached hydrogens (primary N) is 1. The van der Waals surface area contributed by atoms with Gasteiger partial charge >= 0.3 is 0 Å². The van der Waals surface area contributed by atoms with Gasteiger partial charge in [0, 0.05) is 17.4 Å². The molecule has 0 atom stereocenters. The monoisotopic (exact) mass is 241 g/mol. The molecule has 0 spiro atoms. The molecule has 0 saturated carbocycles. The van der Waals surface area contributed by atoms with E-state index in [2.05, 4.69) is 29.7 Å². The van der Waals surface area contributed by atoms with Gasteiger partial charge in [0.2, 0.25) is 0 Å². The number of hydrogen-bond acceptors (Lipinski definition) is 3. The lowest BCUT2D eigenvalue weighted by Crippen LogP contribution is -1.95. The van der Waals surface area contributed by atoms with Gasteiger partial charge in [-0.3, -0.25) is 0 Å². The molecule has 0 amide bonds. The molecule has 0 fully saturated rings. The highest BCUT2D eigenvalue weighted by Crippen LogP contribution is 2.39. The molecule has 2 aromatic heterocycles. The molecular weight excluding hydrogens is 230 g/mol. The summed E-state index contributed by atoms with van der Waals surface area (Å²) in [5.41, 5.74) is 8.68. The minimum atomic E-state index is 0.614. The van der Waals surface area contributed by atoms with Gasteiger partial charge in [-0.15, -0.1) is 11.3 Å². The number of anilines is 1. The van der Waals surface area contributed by atoms with Crippen molar-refractivity contribution in [2.45, 2.75) is 13.5 Å². The Morgan fingerprint density at radius 3 is 2.88 bits per heavy atom. The molecule has 0 aliphatic rings. The van der Waals surface area contributed by atoms with Crippen LogP contribution in [-0.4, -0.2) is 4.57 Å². The fourth-order valence-electron chi connectivity index (χ4n) is 2.34. The van der Waals surface area contributed by atoms with E-state index in [1.165, 1.54) is 22.2 Å². The topological polar surface area (TPSA) is 54.7 Å². The average Bonchev–Trinajstić information content (AvgIpc) is 2.82. The maximum atomic E-state index is 9.21. The Labute approximate surface area is 103 Å². The predicted octanol–water partition coefficient (Wildman–Crippen LogP) is 3.33. The summed E-state index contributed by atoms with van der Waals surface area (Å²) in [4.78, 5) is 0. The first-order chi connectivity index (χ1) is 8.27. The van der Waals surface area contributed by atoms with E-state index in [0.29, 0.717) is 10.6 Å². The standard InChI is InChI=1S/C13H11N3S/c1-2-16-10-6-4-3-5-8(10)12-11(16)9(7-14)13(15)17-12/h3-6H,2,15H2,1H3. The maximum Gasteiger partial charge on any atom is 0.110 e. The van der Waals surface area contributed by atoms with E-state index < -0.39 is 0 Å². The number of nitriles is 1. The highest BCUT2D eigenvalue weighted by Gasteiger charge is 2.17. The van der Waals surface area contributed by atoms with Gasteiger partial charge in [-0.2, -0.15) is 5.26 Å². The zero-order valence-corrected chi connectivity index (χ0v) is 10.2. The summed E-state index contributed by atoms with van der Waals surface area (Å²) in [6, 6.07) is 10.4. The number of hydrogen-bond donors (Lipinski definition) is 1. The number of benzene rings is 1. The predicted molar refractivity (Wildman–Crippen MR) is 72.1 cm³/mol. The van der Waals surface area contributed by atoms with E-state index in [0.717, 1.165) is 16.8 Å². The molecule has 0 radical (unpaired) electrons. The molecule has 2 N–H and O–H groups in total. The Hall–Kier alpha value is -1.99. The molecule has 0 aliphatic heterocycles. The summed E-state index contributed by atoms with van der Waals surface area (Å²) in [6.45, 7) is 2.93. The van der Waals surface area contributed by atoms with E-state index in [-0.39, 0.29) is 0 Å². The number of nitrogen functional groups attached to an aromatic ring is 1. The Morgan fingerprint density at radius 2 is 2.18 bits per heavy atom. The SMILES string of the molecule is CCn1c2ccccc2c2sc(N)c(C#N)c21.